The van der Waals surface area contributed by atoms with Crippen LogP contribution in [0.4, 0.5) is 0 Å². The van der Waals surface area contributed by atoms with Crippen molar-refractivity contribution in [2.75, 3.05) is 33.2 Å². The summed E-state index contributed by atoms with van der Waals surface area (Å²) in [6.45, 7) is 20.3. The van der Waals surface area contributed by atoms with E-state index in [4.69, 9.17) is 0 Å². The Morgan fingerprint density at radius 2 is 1.75 bits per heavy atom. The summed E-state index contributed by atoms with van der Waals surface area (Å²) in [5.41, 5.74) is 0. The van der Waals surface area contributed by atoms with Crippen molar-refractivity contribution >= 4 is 5.96 Å². The van der Waals surface area contributed by atoms with Crippen molar-refractivity contribution in [1.82, 2.24) is 20.4 Å². The third-order valence-corrected chi connectivity index (χ3v) is 5.13. The molecule has 1 aliphatic rings. The highest BCUT2D eigenvalue weighted by Crippen LogP contribution is 2.18. The van der Waals surface area contributed by atoms with Crippen LogP contribution in [0.3, 0.4) is 0 Å². The summed E-state index contributed by atoms with van der Waals surface area (Å²) in [5.74, 6) is 1.60. The second-order valence-corrected chi connectivity index (χ2v) is 8.05. The lowest BCUT2D eigenvalue weighted by atomic mass is 10.1. The Balaban J connectivity index is 2.36. The highest BCUT2D eigenvalue weighted by atomic mass is 15.3. The number of aliphatic imine (C=N–C) groups is 1. The largest absolute Gasteiger partial charge is 0.356 e. The standard InChI is InChI=1S/C19H41N5/c1-14(2)23-12-17(7)18(13-23)22-19(20-8)21-10-9-11-24(15(3)4)16(5)6/h14-18H,9-13H2,1-8H3,(H2,20,21,22). The molecule has 1 saturated heterocycles. The van der Waals surface area contributed by atoms with Gasteiger partial charge < -0.3 is 10.6 Å². The Bertz CT molecular complexity index is 370. The topological polar surface area (TPSA) is 42.9 Å². The molecule has 1 fully saturated rings. The van der Waals surface area contributed by atoms with E-state index < -0.39 is 0 Å². The van der Waals surface area contributed by atoms with Gasteiger partial charge in [-0.2, -0.15) is 0 Å². The zero-order valence-corrected chi connectivity index (χ0v) is 17.3. The Kier molecular flexibility index (Phi) is 9.06. The van der Waals surface area contributed by atoms with Gasteiger partial charge in [0, 0.05) is 57.4 Å². The van der Waals surface area contributed by atoms with Crippen molar-refractivity contribution in [1.29, 1.82) is 0 Å². The molecule has 2 N–H and O–H groups in total. The molecule has 0 spiro atoms. The van der Waals surface area contributed by atoms with Crippen molar-refractivity contribution < 1.29 is 0 Å². The van der Waals surface area contributed by atoms with Crippen LogP contribution in [0.5, 0.6) is 0 Å². The number of nitrogens with zero attached hydrogens (tertiary/aromatic N) is 3. The summed E-state index contributed by atoms with van der Waals surface area (Å²) < 4.78 is 0. The van der Waals surface area contributed by atoms with Gasteiger partial charge >= 0.3 is 0 Å². The fourth-order valence-corrected chi connectivity index (χ4v) is 3.57. The van der Waals surface area contributed by atoms with Crippen LogP contribution in [0.25, 0.3) is 0 Å². The minimum Gasteiger partial charge on any atom is -0.356 e. The van der Waals surface area contributed by atoms with Gasteiger partial charge in [0.25, 0.3) is 0 Å². The molecule has 0 aromatic rings. The van der Waals surface area contributed by atoms with E-state index in [0.717, 1.165) is 32.0 Å². The predicted octanol–water partition coefficient (Wildman–Crippen LogP) is 2.39. The first-order chi connectivity index (χ1) is 11.3. The van der Waals surface area contributed by atoms with E-state index in [2.05, 4.69) is 73.9 Å². The van der Waals surface area contributed by atoms with Crippen LogP contribution >= 0.6 is 0 Å². The molecule has 0 aromatic heterocycles. The molecule has 2 atom stereocenters. The molecule has 142 valence electrons. The van der Waals surface area contributed by atoms with Crippen molar-refractivity contribution in [3.8, 4) is 0 Å². The summed E-state index contributed by atoms with van der Waals surface area (Å²) in [6.07, 6.45) is 1.13. The third kappa shape index (κ3) is 6.60. The quantitative estimate of drug-likeness (QED) is 0.405. The van der Waals surface area contributed by atoms with E-state index in [1.807, 2.05) is 7.05 Å². The Hall–Kier alpha value is -0.810. The predicted molar refractivity (Wildman–Crippen MR) is 106 cm³/mol. The first-order valence-electron chi connectivity index (χ1n) is 9.73. The lowest BCUT2D eigenvalue weighted by Gasteiger charge is -2.30. The molecular formula is C19H41N5. The van der Waals surface area contributed by atoms with E-state index in [9.17, 15) is 0 Å². The van der Waals surface area contributed by atoms with Crippen LogP contribution in [0.15, 0.2) is 4.99 Å². The molecule has 24 heavy (non-hydrogen) atoms. The fourth-order valence-electron chi connectivity index (χ4n) is 3.57. The second kappa shape index (κ2) is 10.2. The van der Waals surface area contributed by atoms with Gasteiger partial charge in [-0.1, -0.05) is 6.92 Å². The maximum absolute atomic E-state index is 4.41. The van der Waals surface area contributed by atoms with Crippen LogP contribution in [0, 0.1) is 5.92 Å². The van der Waals surface area contributed by atoms with Gasteiger partial charge in [0.05, 0.1) is 0 Å². The fraction of sp³-hybridized carbons (Fsp3) is 0.947. The Morgan fingerprint density at radius 3 is 2.21 bits per heavy atom. The Morgan fingerprint density at radius 1 is 1.12 bits per heavy atom. The number of guanidine groups is 1. The Labute approximate surface area is 150 Å². The van der Waals surface area contributed by atoms with Crippen LogP contribution in [0.1, 0.15) is 54.9 Å². The molecule has 0 bridgehead atoms. The minimum absolute atomic E-state index is 0.487. The number of hydrogen-bond donors (Lipinski definition) is 2. The first kappa shape index (κ1) is 21.2. The molecule has 5 heteroatoms. The van der Waals surface area contributed by atoms with Gasteiger partial charge in [-0.15, -0.1) is 0 Å². The summed E-state index contributed by atoms with van der Waals surface area (Å²) in [6, 6.07) is 2.31. The third-order valence-electron chi connectivity index (χ3n) is 5.13. The molecule has 0 saturated carbocycles. The monoisotopic (exact) mass is 339 g/mol. The summed E-state index contributed by atoms with van der Waals surface area (Å²) in [4.78, 5) is 9.48. The van der Waals surface area contributed by atoms with Crippen LogP contribution in [-0.4, -0.2) is 73.2 Å². The summed E-state index contributed by atoms with van der Waals surface area (Å²) >= 11 is 0. The highest BCUT2D eigenvalue weighted by molar-refractivity contribution is 5.80. The zero-order valence-electron chi connectivity index (χ0n) is 17.3. The lowest BCUT2D eigenvalue weighted by molar-refractivity contribution is 0.173. The van der Waals surface area contributed by atoms with E-state index in [1.54, 1.807) is 0 Å². The van der Waals surface area contributed by atoms with Crippen LogP contribution in [-0.2, 0) is 0 Å². The molecule has 0 aliphatic carbocycles. The molecular weight excluding hydrogens is 298 g/mol. The van der Waals surface area contributed by atoms with E-state index in [1.165, 1.54) is 6.54 Å². The molecule has 5 nitrogen and oxygen atoms in total. The average molecular weight is 340 g/mol. The average Bonchev–Trinajstić information content (AvgIpc) is 2.86. The molecule has 0 amide bonds. The van der Waals surface area contributed by atoms with Crippen LogP contribution in [0.2, 0.25) is 0 Å². The highest BCUT2D eigenvalue weighted by Gasteiger charge is 2.31. The van der Waals surface area contributed by atoms with E-state index >= 15 is 0 Å². The molecule has 1 heterocycles. The van der Waals surface area contributed by atoms with Gasteiger partial charge in [-0.3, -0.25) is 14.8 Å². The zero-order chi connectivity index (χ0) is 18.3. The molecule has 2 unspecified atom stereocenters. The molecule has 0 aromatic carbocycles. The maximum Gasteiger partial charge on any atom is 0.191 e. The van der Waals surface area contributed by atoms with Gasteiger partial charge in [0.1, 0.15) is 0 Å². The number of nitrogens with one attached hydrogen (secondary N) is 2. The summed E-state index contributed by atoms with van der Waals surface area (Å²) in [7, 11) is 1.86. The van der Waals surface area contributed by atoms with Crippen molar-refractivity contribution in [3.63, 3.8) is 0 Å². The molecule has 0 radical (unpaired) electrons. The molecule has 1 rings (SSSR count). The lowest BCUT2D eigenvalue weighted by Crippen LogP contribution is -2.47. The molecule has 1 aliphatic heterocycles. The van der Waals surface area contributed by atoms with Crippen molar-refractivity contribution in [3.05, 3.63) is 0 Å². The first-order valence-corrected chi connectivity index (χ1v) is 9.73. The van der Waals surface area contributed by atoms with Gasteiger partial charge in [0.2, 0.25) is 0 Å². The SMILES string of the molecule is CN=C(NCCCN(C(C)C)C(C)C)NC1CN(C(C)C)CC1C. The summed E-state index contributed by atoms with van der Waals surface area (Å²) in [5, 5.41) is 7.11. The second-order valence-electron chi connectivity index (χ2n) is 8.05. The van der Waals surface area contributed by atoms with Crippen molar-refractivity contribution in [2.45, 2.75) is 79.1 Å². The smallest absolute Gasteiger partial charge is 0.191 e. The number of rotatable bonds is 8. The van der Waals surface area contributed by atoms with Gasteiger partial charge in [0.15, 0.2) is 5.96 Å². The van der Waals surface area contributed by atoms with E-state index in [-0.39, 0.29) is 0 Å². The number of hydrogen-bond acceptors (Lipinski definition) is 3. The van der Waals surface area contributed by atoms with Gasteiger partial charge in [-0.05, 0) is 53.9 Å². The number of likely N-dealkylation sites (tertiary alicyclic amines) is 1. The minimum atomic E-state index is 0.487. The van der Waals surface area contributed by atoms with Crippen molar-refractivity contribution in [2.24, 2.45) is 10.9 Å². The van der Waals surface area contributed by atoms with E-state index in [0.29, 0.717) is 30.1 Å². The van der Waals surface area contributed by atoms with Gasteiger partial charge in [-0.25, -0.2) is 0 Å². The van der Waals surface area contributed by atoms with Crippen LogP contribution < -0.4 is 10.6 Å². The normalized spacial score (nSPS) is 23.1. The maximum atomic E-state index is 4.41.